The number of aromatic nitrogens is 1. The Bertz CT molecular complexity index is 572. The van der Waals surface area contributed by atoms with Crippen molar-refractivity contribution in [2.75, 3.05) is 6.61 Å². The number of aryl methyl sites for hydroxylation is 2. The van der Waals surface area contributed by atoms with Crippen molar-refractivity contribution in [3.05, 3.63) is 17.0 Å². The Morgan fingerprint density at radius 2 is 1.91 bits per heavy atom. The minimum Gasteiger partial charge on any atom is -0.452 e. The average molecular weight is 311 g/mol. The number of esters is 1. The standard InChI is InChI=1S/C14H21N3O5/c1-6-9-11(8(2)22-17-9)12(19)21-7-10(18)15-13(20)16-14(3,4)5/h6-7H2,1-5H3,(H2,15,16,18,20). The molecule has 1 aromatic heterocycles. The van der Waals surface area contributed by atoms with Crippen LogP contribution in [0.5, 0.6) is 0 Å². The molecule has 8 heteroatoms. The second kappa shape index (κ2) is 7.06. The average Bonchev–Trinajstić information content (AvgIpc) is 2.74. The number of hydrogen-bond acceptors (Lipinski definition) is 6. The van der Waals surface area contributed by atoms with Gasteiger partial charge in [0.15, 0.2) is 6.61 Å². The normalized spacial score (nSPS) is 11.0. The summed E-state index contributed by atoms with van der Waals surface area (Å²) >= 11 is 0. The van der Waals surface area contributed by atoms with Crippen molar-refractivity contribution >= 4 is 17.9 Å². The van der Waals surface area contributed by atoms with E-state index in [4.69, 9.17) is 9.26 Å². The molecule has 3 amide bonds. The lowest BCUT2D eigenvalue weighted by atomic mass is 10.1. The van der Waals surface area contributed by atoms with Crippen molar-refractivity contribution in [2.45, 2.75) is 46.6 Å². The largest absolute Gasteiger partial charge is 0.452 e. The van der Waals surface area contributed by atoms with Crippen LogP contribution >= 0.6 is 0 Å². The quantitative estimate of drug-likeness (QED) is 0.811. The number of rotatable bonds is 4. The van der Waals surface area contributed by atoms with E-state index in [0.717, 1.165) is 0 Å². The Kier molecular flexibility index (Phi) is 5.67. The molecule has 1 aromatic rings. The van der Waals surface area contributed by atoms with Crippen molar-refractivity contribution in [1.29, 1.82) is 0 Å². The maximum absolute atomic E-state index is 11.9. The zero-order valence-electron chi connectivity index (χ0n) is 13.4. The molecule has 0 saturated heterocycles. The number of carbonyl (C=O) groups excluding carboxylic acids is 3. The number of imide groups is 1. The predicted molar refractivity (Wildman–Crippen MR) is 77.3 cm³/mol. The molecule has 2 N–H and O–H groups in total. The highest BCUT2D eigenvalue weighted by Gasteiger charge is 2.22. The molecular weight excluding hydrogens is 290 g/mol. The SMILES string of the molecule is CCc1noc(C)c1C(=O)OCC(=O)NC(=O)NC(C)(C)C. The fourth-order valence-electron chi connectivity index (χ4n) is 1.66. The van der Waals surface area contributed by atoms with E-state index >= 15 is 0 Å². The second-order valence-corrected chi connectivity index (χ2v) is 5.74. The van der Waals surface area contributed by atoms with Gasteiger partial charge in [0.2, 0.25) is 0 Å². The Morgan fingerprint density at radius 3 is 2.45 bits per heavy atom. The molecule has 0 saturated carbocycles. The van der Waals surface area contributed by atoms with Gasteiger partial charge in [-0.3, -0.25) is 10.1 Å². The van der Waals surface area contributed by atoms with Crippen molar-refractivity contribution < 1.29 is 23.6 Å². The van der Waals surface area contributed by atoms with Crippen LogP contribution in [0.15, 0.2) is 4.52 Å². The molecule has 0 aliphatic heterocycles. The first-order chi connectivity index (χ1) is 10.1. The fourth-order valence-corrected chi connectivity index (χ4v) is 1.66. The molecule has 122 valence electrons. The van der Waals surface area contributed by atoms with Gasteiger partial charge in [-0.25, -0.2) is 9.59 Å². The zero-order valence-corrected chi connectivity index (χ0v) is 13.4. The summed E-state index contributed by atoms with van der Waals surface area (Å²) in [5.74, 6) is -1.10. The first-order valence-corrected chi connectivity index (χ1v) is 6.88. The number of amides is 3. The second-order valence-electron chi connectivity index (χ2n) is 5.74. The van der Waals surface area contributed by atoms with Gasteiger partial charge in [0.1, 0.15) is 11.3 Å². The van der Waals surface area contributed by atoms with Gasteiger partial charge >= 0.3 is 12.0 Å². The summed E-state index contributed by atoms with van der Waals surface area (Å²) in [6, 6.07) is -0.649. The number of carbonyl (C=O) groups is 3. The predicted octanol–water partition coefficient (Wildman–Crippen LogP) is 1.33. The molecule has 0 fully saturated rings. The number of urea groups is 1. The Morgan fingerprint density at radius 1 is 1.27 bits per heavy atom. The molecule has 0 spiro atoms. The first-order valence-electron chi connectivity index (χ1n) is 6.88. The van der Waals surface area contributed by atoms with Crippen LogP contribution in [0.2, 0.25) is 0 Å². The molecule has 0 aliphatic rings. The number of ether oxygens (including phenoxy) is 1. The van der Waals surface area contributed by atoms with Gasteiger partial charge in [-0.15, -0.1) is 0 Å². The van der Waals surface area contributed by atoms with Crippen molar-refractivity contribution in [3.63, 3.8) is 0 Å². The van der Waals surface area contributed by atoms with Crippen molar-refractivity contribution in [2.24, 2.45) is 0 Å². The van der Waals surface area contributed by atoms with Crippen LogP contribution in [0.4, 0.5) is 4.79 Å². The smallest absolute Gasteiger partial charge is 0.344 e. The molecule has 0 aromatic carbocycles. The van der Waals surface area contributed by atoms with E-state index < -0.39 is 30.1 Å². The summed E-state index contributed by atoms with van der Waals surface area (Å²) in [6.07, 6.45) is 0.502. The Hall–Kier alpha value is -2.38. The minimum atomic E-state index is -0.720. The molecule has 1 rings (SSSR count). The van der Waals surface area contributed by atoms with Gasteiger partial charge < -0.3 is 14.6 Å². The van der Waals surface area contributed by atoms with Crippen LogP contribution in [-0.2, 0) is 16.0 Å². The maximum Gasteiger partial charge on any atom is 0.344 e. The summed E-state index contributed by atoms with van der Waals surface area (Å²) in [6.45, 7) is 8.16. The summed E-state index contributed by atoms with van der Waals surface area (Å²) < 4.78 is 9.79. The minimum absolute atomic E-state index is 0.217. The van der Waals surface area contributed by atoms with Gasteiger partial charge in [0.25, 0.3) is 5.91 Å². The van der Waals surface area contributed by atoms with Crippen LogP contribution in [0.25, 0.3) is 0 Å². The molecule has 22 heavy (non-hydrogen) atoms. The lowest BCUT2D eigenvalue weighted by Crippen LogP contribution is -2.49. The fraction of sp³-hybridized carbons (Fsp3) is 0.571. The lowest BCUT2D eigenvalue weighted by molar-refractivity contribution is -0.123. The summed E-state index contributed by atoms with van der Waals surface area (Å²) in [4.78, 5) is 35.0. The molecular formula is C14H21N3O5. The van der Waals surface area contributed by atoms with Crippen LogP contribution in [0.3, 0.4) is 0 Å². The molecule has 8 nitrogen and oxygen atoms in total. The summed E-state index contributed by atoms with van der Waals surface area (Å²) in [5.41, 5.74) is 0.208. The van der Waals surface area contributed by atoms with Crippen LogP contribution < -0.4 is 10.6 Å². The van der Waals surface area contributed by atoms with Gasteiger partial charge in [-0.05, 0) is 34.1 Å². The topological polar surface area (TPSA) is 111 Å². The molecule has 0 bridgehead atoms. The van der Waals surface area contributed by atoms with Crippen LogP contribution in [-0.4, -0.2) is 35.2 Å². The number of nitrogens with zero attached hydrogens (tertiary/aromatic N) is 1. The molecule has 0 aliphatic carbocycles. The highest BCUT2D eigenvalue weighted by molar-refractivity contribution is 5.97. The van der Waals surface area contributed by atoms with Crippen molar-refractivity contribution in [1.82, 2.24) is 15.8 Å². The van der Waals surface area contributed by atoms with Crippen molar-refractivity contribution in [3.8, 4) is 0 Å². The number of hydrogen-bond donors (Lipinski definition) is 2. The maximum atomic E-state index is 11.9. The van der Waals surface area contributed by atoms with Gasteiger partial charge in [0.05, 0.1) is 5.69 Å². The zero-order chi connectivity index (χ0) is 16.9. The van der Waals surface area contributed by atoms with E-state index in [1.807, 2.05) is 6.92 Å². The summed E-state index contributed by atoms with van der Waals surface area (Å²) in [7, 11) is 0. The van der Waals surface area contributed by atoms with Crippen LogP contribution in [0.1, 0.15) is 49.5 Å². The molecule has 1 heterocycles. The third-order valence-electron chi connectivity index (χ3n) is 2.55. The number of nitrogens with one attached hydrogen (secondary N) is 2. The van der Waals surface area contributed by atoms with E-state index in [0.29, 0.717) is 17.9 Å². The van der Waals surface area contributed by atoms with E-state index in [-0.39, 0.29) is 5.56 Å². The first kappa shape index (κ1) is 17.7. The van der Waals surface area contributed by atoms with Gasteiger partial charge in [-0.2, -0.15) is 0 Å². The summed E-state index contributed by atoms with van der Waals surface area (Å²) in [5, 5.41) is 8.36. The van der Waals surface area contributed by atoms with E-state index in [2.05, 4.69) is 15.8 Å². The van der Waals surface area contributed by atoms with E-state index in [9.17, 15) is 14.4 Å². The Labute approximate surface area is 128 Å². The molecule has 0 radical (unpaired) electrons. The third-order valence-corrected chi connectivity index (χ3v) is 2.55. The third kappa shape index (κ3) is 5.19. The highest BCUT2D eigenvalue weighted by atomic mass is 16.5. The van der Waals surface area contributed by atoms with E-state index in [1.54, 1.807) is 27.7 Å². The van der Waals surface area contributed by atoms with Crippen LogP contribution in [0, 0.1) is 6.92 Å². The van der Waals surface area contributed by atoms with E-state index in [1.165, 1.54) is 0 Å². The van der Waals surface area contributed by atoms with Gasteiger partial charge in [-0.1, -0.05) is 12.1 Å². The molecule has 0 unspecified atom stereocenters. The molecule has 0 atom stereocenters. The monoisotopic (exact) mass is 311 g/mol. The Balaban J connectivity index is 2.52. The lowest BCUT2D eigenvalue weighted by Gasteiger charge is -2.20. The van der Waals surface area contributed by atoms with Gasteiger partial charge in [0, 0.05) is 5.54 Å². The highest BCUT2D eigenvalue weighted by Crippen LogP contribution is 2.15.